The molecule has 0 saturated carbocycles. The molecule has 1 N–H and O–H groups in total. The summed E-state index contributed by atoms with van der Waals surface area (Å²) in [5.74, 6) is 0.145. The fourth-order valence-electron chi connectivity index (χ4n) is 0.260. The van der Waals surface area contributed by atoms with E-state index in [1.165, 1.54) is 6.26 Å². The van der Waals surface area contributed by atoms with E-state index in [-0.39, 0.29) is 5.76 Å². The molecule has 0 fully saturated rings. The van der Waals surface area contributed by atoms with Crippen LogP contribution in [0.5, 0.6) is 0 Å². The fraction of sp³-hybridized carbons (Fsp3) is 0.333. The Bertz CT molecular complexity index is 86.5. The Morgan fingerprint density at radius 2 is 2.38 bits per heavy atom. The molecule has 0 rings (SSSR count). The molecule has 0 saturated heterocycles. The van der Waals surface area contributed by atoms with Gasteiger partial charge in [0.15, 0.2) is 0 Å². The molecule has 0 spiro atoms. The summed E-state index contributed by atoms with van der Waals surface area (Å²) in [6.07, 6.45) is 1.81. The minimum absolute atomic E-state index is 0.145. The molecule has 2 nitrogen and oxygen atoms in total. The first kappa shape index (κ1) is 7.08. The van der Waals surface area contributed by atoms with Crippen molar-refractivity contribution in [3.05, 3.63) is 25.2 Å². The molecule has 0 amide bonds. The van der Waals surface area contributed by atoms with Crippen LogP contribution >= 0.6 is 0 Å². The molecule has 0 aliphatic rings. The first-order valence-electron chi connectivity index (χ1n) is 2.36. The van der Waals surface area contributed by atoms with Gasteiger partial charge in [0.2, 0.25) is 0 Å². The summed E-state index contributed by atoms with van der Waals surface area (Å²) in [6.45, 7) is 7.05. The Balaban J connectivity index is 2.93. The minimum Gasteiger partial charge on any atom is -0.513 e. The third-order valence-electron chi connectivity index (χ3n) is 0.626. The van der Waals surface area contributed by atoms with E-state index >= 15 is 0 Å². The zero-order valence-electron chi connectivity index (χ0n) is 4.76. The van der Waals surface area contributed by atoms with Gasteiger partial charge < -0.3 is 9.84 Å². The van der Waals surface area contributed by atoms with Gasteiger partial charge in [0.05, 0.1) is 18.6 Å². The highest BCUT2D eigenvalue weighted by Gasteiger charge is 1.85. The van der Waals surface area contributed by atoms with Crippen molar-refractivity contribution in [2.75, 3.05) is 6.61 Å². The van der Waals surface area contributed by atoms with Crippen LogP contribution in [-0.2, 0) is 4.74 Å². The average Bonchev–Trinajstić information content (AvgIpc) is 1.66. The third kappa shape index (κ3) is 5.08. The fourth-order valence-corrected chi connectivity index (χ4v) is 0.260. The lowest BCUT2D eigenvalue weighted by atomic mass is 10.4. The second-order valence-electron chi connectivity index (χ2n) is 1.35. The van der Waals surface area contributed by atoms with Crippen molar-refractivity contribution in [2.24, 2.45) is 0 Å². The second kappa shape index (κ2) is 4.24. The summed E-state index contributed by atoms with van der Waals surface area (Å²) in [5, 5.41) is 8.47. The van der Waals surface area contributed by atoms with Crippen LogP contribution in [0.15, 0.2) is 25.2 Å². The van der Waals surface area contributed by atoms with Gasteiger partial charge in [-0.15, -0.1) is 0 Å². The predicted octanol–water partition coefficient (Wildman–Crippen LogP) is 1.61. The largest absolute Gasteiger partial charge is 0.513 e. The maximum absolute atomic E-state index is 8.47. The number of aliphatic hydroxyl groups excluding tert-OH is 1. The first-order chi connectivity index (χ1) is 3.77. The number of rotatable bonds is 4. The van der Waals surface area contributed by atoms with Crippen LogP contribution in [0.2, 0.25) is 0 Å². The number of aliphatic hydroxyl groups is 1. The maximum Gasteiger partial charge on any atom is 0.0943 e. The molecule has 0 aliphatic carbocycles. The smallest absolute Gasteiger partial charge is 0.0943 e. The van der Waals surface area contributed by atoms with Crippen LogP contribution in [0.25, 0.3) is 0 Å². The van der Waals surface area contributed by atoms with Gasteiger partial charge in [-0.25, -0.2) is 0 Å². The monoisotopic (exact) mass is 114 g/mol. The van der Waals surface area contributed by atoms with Crippen molar-refractivity contribution >= 4 is 0 Å². The van der Waals surface area contributed by atoms with Gasteiger partial charge >= 0.3 is 0 Å². The first-order valence-corrected chi connectivity index (χ1v) is 2.36. The molecular weight excluding hydrogens is 104 g/mol. The highest BCUT2D eigenvalue weighted by atomic mass is 16.5. The highest BCUT2D eigenvalue weighted by molar-refractivity contribution is 4.77. The maximum atomic E-state index is 8.47. The van der Waals surface area contributed by atoms with Crippen LogP contribution in [0.1, 0.15) is 6.42 Å². The number of ether oxygens (including phenoxy) is 1. The second-order valence-corrected chi connectivity index (χ2v) is 1.35. The lowest BCUT2D eigenvalue weighted by molar-refractivity contribution is 0.235. The molecule has 0 aliphatic heterocycles. The van der Waals surface area contributed by atoms with Crippen LogP contribution in [0.4, 0.5) is 0 Å². The van der Waals surface area contributed by atoms with E-state index in [2.05, 4.69) is 17.9 Å². The van der Waals surface area contributed by atoms with Crippen LogP contribution in [0.3, 0.4) is 0 Å². The van der Waals surface area contributed by atoms with Crippen molar-refractivity contribution in [3.8, 4) is 0 Å². The molecule has 0 radical (unpaired) electrons. The Hall–Kier alpha value is -0.920. The molecule has 0 bridgehead atoms. The Morgan fingerprint density at radius 3 is 2.75 bits per heavy atom. The Kier molecular flexibility index (Phi) is 3.76. The molecule has 0 aromatic rings. The van der Waals surface area contributed by atoms with Gasteiger partial charge in [-0.3, -0.25) is 0 Å². The van der Waals surface area contributed by atoms with Gasteiger partial charge in [0.25, 0.3) is 0 Å². The summed E-state index contributed by atoms with van der Waals surface area (Å²) in [7, 11) is 0. The standard InChI is InChI=1S/C6H10O2/c1-3-8-5-4-6(2)7/h3,7H,1-2,4-5H2. The lowest BCUT2D eigenvalue weighted by Gasteiger charge is -1.96. The van der Waals surface area contributed by atoms with E-state index in [0.29, 0.717) is 13.0 Å². The van der Waals surface area contributed by atoms with Crippen molar-refractivity contribution in [3.63, 3.8) is 0 Å². The average molecular weight is 114 g/mol. The zero-order valence-corrected chi connectivity index (χ0v) is 4.76. The molecule has 46 valence electrons. The van der Waals surface area contributed by atoms with E-state index in [0.717, 1.165) is 0 Å². The van der Waals surface area contributed by atoms with Crippen molar-refractivity contribution in [1.29, 1.82) is 0 Å². The molecular formula is C6H10O2. The molecule has 0 heterocycles. The van der Waals surface area contributed by atoms with Crippen LogP contribution in [-0.4, -0.2) is 11.7 Å². The van der Waals surface area contributed by atoms with E-state index in [9.17, 15) is 0 Å². The molecule has 0 atom stereocenters. The summed E-state index contributed by atoms with van der Waals surface area (Å²) >= 11 is 0. The lowest BCUT2D eigenvalue weighted by Crippen LogP contribution is -1.87. The molecule has 0 unspecified atom stereocenters. The zero-order chi connectivity index (χ0) is 6.41. The van der Waals surface area contributed by atoms with Crippen molar-refractivity contribution in [2.45, 2.75) is 6.42 Å². The van der Waals surface area contributed by atoms with E-state index in [4.69, 9.17) is 5.11 Å². The molecule has 2 heteroatoms. The van der Waals surface area contributed by atoms with Gasteiger partial charge in [-0.05, 0) is 0 Å². The van der Waals surface area contributed by atoms with Gasteiger partial charge in [-0.2, -0.15) is 0 Å². The van der Waals surface area contributed by atoms with Gasteiger partial charge in [0, 0.05) is 6.42 Å². The molecule has 0 aromatic heterocycles. The summed E-state index contributed by atoms with van der Waals surface area (Å²) in [5.41, 5.74) is 0. The van der Waals surface area contributed by atoms with Crippen molar-refractivity contribution < 1.29 is 9.84 Å². The van der Waals surface area contributed by atoms with Crippen molar-refractivity contribution in [1.82, 2.24) is 0 Å². The normalized spacial score (nSPS) is 8.00. The number of hydrogen-bond donors (Lipinski definition) is 1. The quantitative estimate of drug-likeness (QED) is 0.444. The summed E-state index contributed by atoms with van der Waals surface area (Å²) in [4.78, 5) is 0. The summed E-state index contributed by atoms with van der Waals surface area (Å²) in [6, 6.07) is 0. The molecule has 8 heavy (non-hydrogen) atoms. The van der Waals surface area contributed by atoms with Gasteiger partial charge in [0.1, 0.15) is 0 Å². The van der Waals surface area contributed by atoms with Gasteiger partial charge in [-0.1, -0.05) is 13.2 Å². The summed E-state index contributed by atoms with van der Waals surface area (Å²) < 4.78 is 4.69. The topological polar surface area (TPSA) is 29.5 Å². The predicted molar refractivity (Wildman–Crippen MR) is 32.5 cm³/mol. The minimum atomic E-state index is 0.145. The third-order valence-corrected chi connectivity index (χ3v) is 0.626. The SMILES string of the molecule is C=COCCC(=C)O. The van der Waals surface area contributed by atoms with Crippen LogP contribution in [0, 0.1) is 0 Å². The number of hydrogen-bond acceptors (Lipinski definition) is 2. The van der Waals surface area contributed by atoms with E-state index < -0.39 is 0 Å². The highest BCUT2D eigenvalue weighted by Crippen LogP contribution is 1.90. The Morgan fingerprint density at radius 1 is 1.75 bits per heavy atom. The van der Waals surface area contributed by atoms with Crippen LogP contribution < -0.4 is 0 Å². The van der Waals surface area contributed by atoms with E-state index in [1.54, 1.807) is 0 Å². The Labute approximate surface area is 49.1 Å². The molecule has 0 aromatic carbocycles. The van der Waals surface area contributed by atoms with E-state index in [1.807, 2.05) is 0 Å².